The predicted molar refractivity (Wildman–Crippen MR) is 94.4 cm³/mol. The Morgan fingerprint density at radius 3 is 2.62 bits per heavy atom. The van der Waals surface area contributed by atoms with Crippen LogP contribution >= 0.6 is 0 Å². The molecule has 1 aromatic rings. The Hall–Kier alpha value is -2.11. The first-order valence-electron chi connectivity index (χ1n) is 8.41. The lowest BCUT2D eigenvalue weighted by Gasteiger charge is -2.42. The molecule has 132 valence electrons. The number of hydrogen-bond donors (Lipinski definition) is 1. The standard InChI is InChI=1S/C18H28N4O2/c1-18(2,3)12-16(23)21(4)13-8-10-22(14(11-13)17(19)24)15-7-5-6-9-20-15/h5-7,9,13-14H,8,10-12H2,1-4H3,(H2,19,24). The largest absolute Gasteiger partial charge is 0.368 e. The number of carbonyl (C=O) groups is 2. The fraction of sp³-hybridized carbons (Fsp3) is 0.611. The van der Waals surface area contributed by atoms with Gasteiger partial charge in [-0.25, -0.2) is 4.98 Å². The van der Waals surface area contributed by atoms with E-state index >= 15 is 0 Å². The molecule has 2 heterocycles. The topological polar surface area (TPSA) is 79.5 Å². The number of aromatic nitrogens is 1. The smallest absolute Gasteiger partial charge is 0.240 e. The van der Waals surface area contributed by atoms with Gasteiger partial charge in [-0.05, 0) is 30.4 Å². The van der Waals surface area contributed by atoms with Gasteiger partial charge in [-0.2, -0.15) is 0 Å². The minimum Gasteiger partial charge on any atom is -0.368 e. The molecule has 0 radical (unpaired) electrons. The summed E-state index contributed by atoms with van der Waals surface area (Å²) in [5, 5.41) is 0. The SMILES string of the molecule is CN(C(=O)CC(C)(C)C)C1CCN(c2ccccn2)C(C(N)=O)C1. The number of hydrogen-bond acceptors (Lipinski definition) is 4. The molecule has 6 heteroatoms. The molecule has 0 aliphatic carbocycles. The molecule has 0 bridgehead atoms. The van der Waals surface area contributed by atoms with E-state index in [2.05, 4.69) is 25.8 Å². The first-order chi connectivity index (χ1) is 11.2. The van der Waals surface area contributed by atoms with Gasteiger partial charge in [0.2, 0.25) is 11.8 Å². The van der Waals surface area contributed by atoms with Crippen LogP contribution in [0.4, 0.5) is 5.82 Å². The Morgan fingerprint density at radius 1 is 1.38 bits per heavy atom. The van der Waals surface area contributed by atoms with Crippen molar-refractivity contribution in [2.24, 2.45) is 11.1 Å². The van der Waals surface area contributed by atoms with Gasteiger partial charge in [0.15, 0.2) is 0 Å². The average Bonchev–Trinajstić information content (AvgIpc) is 2.52. The molecule has 0 aromatic carbocycles. The molecule has 2 amide bonds. The summed E-state index contributed by atoms with van der Waals surface area (Å²) < 4.78 is 0. The van der Waals surface area contributed by atoms with Crippen molar-refractivity contribution in [1.82, 2.24) is 9.88 Å². The molecule has 24 heavy (non-hydrogen) atoms. The Morgan fingerprint density at radius 2 is 2.08 bits per heavy atom. The van der Waals surface area contributed by atoms with Crippen LogP contribution in [-0.2, 0) is 9.59 Å². The molecule has 1 aliphatic rings. The van der Waals surface area contributed by atoms with Crippen LogP contribution < -0.4 is 10.6 Å². The van der Waals surface area contributed by atoms with E-state index in [-0.39, 0.29) is 23.3 Å². The van der Waals surface area contributed by atoms with Gasteiger partial charge in [-0.15, -0.1) is 0 Å². The number of nitrogens with two attached hydrogens (primary N) is 1. The number of anilines is 1. The minimum absolute atomic E-state index is 0.0253. The van der Waals surface area contributed by atoms with Gasteiger partial charge in [0, 0.05) is 32.3 Å². The molecule has 1 saturated heterocycles. The summed E-state index contributed by atoms with van der Waals surface area (Å²) >= 11 is 0. The molecule has 1 aromatic heterocycles. The zero-order chi connectivity index (χ0) is 17.9. The highest BCUT2D eigenvalue weighted by Gasteiger charge is 2.36. The zero-order valence-electron chi connectivity index (χ0n) is 15.0. The number of rotatable bonds is 4. The highest BCUT2D eigenvalue weighted by molar-refractivity contribution is 5.84. The summed E-state index contributed by atoms with van der Waals surface area (Å²) in [5.74, 6) is 0.493. The summed E-state index contributed by atoms with van der Waals surface area (Å²) in [6, 6.07) is 5.20. The number of pyridine rings is 1. The second-order valence-corrected chi connectivity index (χ2v) is 7.72. The van der Waals surface area contributed by atoms with Crippen molar-refractivity contribution >= 4 is 17.6 Å². The maximum absolute atomic E-state index is 12.5. The Bertz CT molecular complexity index is 582. The van der Waals surface area contributed by atoms with Gasteiger partial charge >= 0.3 is 0 Å². The first kappa shape index (κ1) is 18.2. The normalized spacial score (nSPS) is 21.4. The van der Waals surface area contributed by atoms with E-state index in [9.17, 15) is 9.59 Å². The van der Waals surface area contributed by atoms with E-state index in [0.717, 1.165) is 12.2 Å². The van der Waals surface area contributed by atoms with E-state index in [1.54, 1.807) is 11.1 Å². The number of primary amides is 1. The summed E-state index contributed by atoms with van der Waals surface area (Å²) in [6.07, 6.45) is 3.54. The third-order valence-electron chi connectivity index (χ3n) is 4.47. The predicted octanol–water partition coefficient (Wildman–Crippen LogP) is 1.80. The van der Waals surface area contributed by atoms with Gasteiger partial charge in [-0.1, -0.05) is 26.8 Å². The quantitative estimate of drug-likeness (QED) is 0.912. The van der Waals surface area contributed by atoms with Crippen LogP contribution in [0.25, 0.3) is 0 Å². The second kappa shape index (κ2) is 7.20. The molecular formula is C18H28N4O2. The van der Waals surface area contributed by atoms with E-state index in [1.807, 2.05) is 30.1 Å². The Kier molecular flexibility index (Phi) is 5.47. The minimum atomic E-state index is -0.441. The Labute approximate surface area is 144 Å². The lowest BCUT2D eigenvalue weighted by atomic mass is 9.90. The molecule has 1 aliphatic heterocycles. The summed E-state index contributed by atoms with van der Waals surface area (Å²) in [5.41, 5.74) is 5.57. The third kappa shape index (κ3) is 4.46. The van der Waals surface area contributed by atoms with E-state index in [0.29, 0.717) is 19.4 Å². The van der Waals surface area contributed by atoms with Crippen LogP contribution in [0.5, 0.6) is 0 Å². The van der Waals surface area contributed by atoms with Crippen molar-refractivity contribution < 1.29 is 9.59 Å². The average molecular weight is 332 g/mol. The van der Waals surface area contributed by atoms with Crippen LogP contribution in [0.2, 0.25) is 0 Å². The fourth-order valence-corrected chi connectivity index (χ4v) is 3.15. The molecule has 0 spiro atoms. The van der Waals surface area contributed by atoms with Crippen molar-refractivity contribution in [2.45, 2.75) is 52.1 Å². The first-order valence-corrected chi connectivity index (χ1v) is 8.41. The van der Waals surface area contributed by atoms with E-state index in [4.69, 9.17) is 5.73 Å². The van der Waals surface area contributed by atoms with Crippen molar-refractivity contribution in [3.05, 3.63) is 24.4 Å². The van der Waals surface area contributed by atoms with Gasteiger partial charge < -0.3 is 15.5 Å². The highest BCUT2D eigenvalue weighted by atomic mass is 16.2. The van der Waals surface area contributed by atoms with Crippen molar-refractivity contribution in [3.63, 3.8) is 0 Å². The summed E-state index contributed by atoms with van der Waals surface area (Å²) in [7, 11) is 1.83. The third-order valence-corrected chi connectivity index (χ3v) is 4.47. The zero-order valence-corrected chi connectivity index (χ0v) is 15.0. The molecule has 2 unspecified atom stereocenters. The van der Waals surface area contributed by atoms with Crippen LogP contribution in [-0.4, -0.2) is 47.4 Å². The maximum atomic E-state index is 12.5. The van der Waals surface area contributed by atoms with Crippen LogP contribution in [0.1, 0.15) is 40.0 Å². The van der Waals surface area contributed by atoms with Crippen LogP contribution in [0.15, 0.2) is 24.4 Å². The molecule has 6 nitrogen and oxygen atoms in total. The van der Waals surface area contributed by atoms with Crippen LogP contribution in [0.3, 0.4) is 0 Å². The lowest BCUT2D eigenvalue weighted by Crippen LogP contribution is -2.55. The number of carbonyl (C=O) groups excluding carboxylic acids is 2. The lowest BCUT2D eigenvalue weighted by molar-refractivity contribution is -0.135. The van der Waals surface area contributed by atoms with Gasteiger partial charge in [0.25, 0.3) is 0 Å². The number of amides is 2. The molecule has 1 fully saturated rings. The van der Waals surface area contributed by atoms with Crippen molar-refractivity contribution in [2.75, 3.05) is 18.5 Å². The maximum Gasteiger partial charge on any atom is 0.240 e. The summed E-state index contributed by atoms with van der Waals surface area (Å²) in [4.78, 5) is 32.5. The molecule has 0 saturated carbocycles. The second-order valence-electron chi connectivity index (χ2n) is 7.72. The Balaban J connectivity index is 2.10. The fourth-order valence-electron chi connectivity index (χ4n) is 3.15. The van der Waals surface area contributed by atoms with Crippen molar-refractivity contribution in [3.8, 4) is 0 Å². The molecule has 2 atom stereocenters. The monoisotopic (exact) mass is 332 g/mol. The molecule has 2 N–H and O–H groups in total. The highest BCUT2D eigenvalue weighted by Crippen LogP contribution is 2.27. The van der Waals surface area contributed by atoms with Gasteiger partial charge in [0.1, 0.15) is 11.9 Å². The molecular weight excluding hydrogens is 304 g/mol. The molecule has 2 rings (SSSR count). The number of nitrogens with zero attached hydrogens (tertiary/aromatic N) is 3. The number of piperidine rings is 1. The van der Waals surface area contributed by atoms with Gasteiger partial charge in [-0.3, -0.25) is 9.59 Å². The van der Waals surface area contributed by atoms with Crippen LogP contribution in [0, 0.1) is 5.41 Å². The van der Waals surface area contributed by atoms with Crippen molar-refractivity contribution in [1.29, 1.82) is 0 Å². The summed E-state index contributed by atoms with van der Waals surface area (Å²) in [6.45, 7) is 6.81. The van der Waals surface area contributed by atoms with Gasteiger partial charge in [0.05, 0.1) is 0 Å². The van der Waals surface area contributed by atoms with E-state index < -0.39 is 6.04 Å². The van der Waals surface area contributed by atoms with E-state index in [1.165, 1.54) is 0 Å².